The summed E-state index contributed by atoms with van der Waals surface area (Å²) in [6, 6.07) is 14.2. The van der Waals surface area contributed by atoms with E-state index in [9.17, 15) is 4.79 Å². The third-order valence-electron chi connectivity index (χ3n) is 5.65. The van der Waals surface area contributed by atoms with Crippen molar-refractivity contribution >= 4 is 23.5 Å². The smallest absolute Gasteiger partial charge is 0.232 e. The first-order chi connectivity index (χ1) is 14.9. The Morgan fingerprint density at radius 1 is 1.00 bits per heavy atom. The average molecular weight is 437 g/mol. The summed E-state index contributed by atoms with van der Waals surface area (Å²) < 4.78 is 7.56. The van der Waals surface area contributed by atoms with Crippen LogP contribution in [0.15, 0.2) is 47.6 Å². The van der Waals surface area contributed by atoms with Crippen LogP contribution in [0.4, 0.5) is 5.95 Å². The van der Waals surface area contributed by atoms with Crippen molar-refractivity contribution < 1.29 is 9.53 Å². The molecule has 1 aliphatic heterocycles. The molecular formula is C24H28N4O2S. The minimum Gasteiger partial charge on any atom is -0.378 e. The number of ketones is 1. The third kappa shape index (κ3) is 4.67. The number of aromatic nitrogens is 3. The van der Waals surface area contributed by atoms with Gasteiger partial charge in [-0.25, -0.2) is 0 Å². The number of anilines is 1. The number of carbonyl (C=O) groups excluding carboxylic acids is 1. The standard InChI is InChI=1S/C24H28N4O2S/c1-16-5-9-21(10-6-16)28-23(27-11-13-30-14-12-27)25-26-24(28)31-19(4)22(29)20-8-7-17(2)18(3)15-20/h5-10,15,19H,11-14H2,1-4H3. The zero-order valence-electron chi connectivity index (χ0n) is 18.5. The molecule has 1 unspecified atom stereocenters. The number of aryl methyl sites for hydroxylation is 3. The summed E-state index contributed by atoms with van der Waals surface area (Å²) in [5.74, 6) is 0.889. The van der Waals surface area contributed by atoms with Gasteiger partial charge in [-0.15, -0.1) is 10.2 Å². The van der Waals surface area contributed by atoms with E-state index in [0.717, 1.165) is 41.0 Å². The van der Waals surface area contributed by atoms with Gasteiger partial charge in [0, 0.05) is 18.7 Å². The van der Waals surface area contributed by atoms with Gasteiger partial charge in [0.25, 0.3) is 0 Å². The first kappa shape index (κ1) is 21.6. The summed E-state index contributed by atoms with van der Waals surface area (Å²) in [4.78, 5) is 15.3. The van der Waals surface area contributed by atoms with E-state index in [1.807, 2.05) is 32.0 Å². The molecule has 4 rings (SSSR count). The molecular weight excluding hydrogens is 408 g/mol. The number of carbonyl (C=O) groups is 1. The van der Waals surface area contributed by atoms with Crippen molar-refractivity contribution in [2.75, 3.05) is 31.2 Å². The zero-order chi connectivity index (χ0) is 22.0. The second-order valence-corrected chi connectivity index (χ2v) is 9.28. The molecule has 3 aromatic rings. The monoisotopic (exact) mass is 436 g/mol. The van der Waals surface area contributed by atoms with Crippen LogP contribution in [0.1, 0.15) is 34.0 Å². The molecule has 1 atom stereocenters. The van der Waals surface area contributed by atoms with Crippen LogP contribution >= 0.6 is 11.8 Å². The molecule has 0 amide bonds. The topological polar surface area (TPSA) is 60.2 Å². The summed E-state index contributed by atoms with van der Waals surface area (Å²) >= 11 is 1.45. The van der Waals surface area contributed by atoms with Gasteiger partial charge in [0.2, 0.25) is 5.95 Å². The summed E-state index contributed by atoms with van der Waals surface area (Å²) in [5.41, 5.74) is 5.23. The fourth-order valence-electron chi connectivity index (χ4n) is 3.57. The SMILES string of the molecule is Cc1ccc(-n2c(SC(C)C(=O)c3ccc(C)c(C)c3)nnc2N2CCOCC2)cc1. The van der Waals surface area contributed by atoms with Crippen molar-refractivity contribution in [2.24, 2.45) is 0 Å². The van der Waals surface area contributed by atoms with Crippen molar-refractivity contribution in [3.05, 3.63) is 64.7 Å². The molecule has 0 bridgehead atoms. The van der Waals surface area contributed by atoms with Crippen molar-refractivity contribution in [3.8, 4) is 5.69 Å². The minimum absolute atomic E-state index is 0.0967. The minimum atomic E-state index is -0.284. The maximum atomic E-state index is 13.1. The second kappa shape index (κ2) is 9.24. The van der Waals surface area contributed by atoms with Gasteiger partial charge in [0.1, 0.15) is 0 Å². The highest BCUT2D eigenvalue weighted by atomic mass is 32.2. The molecule has 0 aliphatic carbocycles. The van der Waals surface area contributed by atoms with E-state index in [1.165, 1.54) is 22.9 Å². The number of morpholine rings is 1. The average Bonchev–Trinajstić information content (AvgIpc) is 3.19. The second-order valence-electron chi connectivity index (χ2n) is 7.98. The number of rotatable bonds is 6. The van der Waals surface area contributed by atoms with E-state index in [-0.39, 0.29) is 11.0 Å². The molecule has 31 heavy (non-hydrogen) atoms. The molecule has 0 saturated carbocycles. The van der Waals surface area contributed by atoms with E-state index >= 15 is 0 Å². The predicted octanol–water partition coefficient (Wildman–Crippen LogP) is 4.39. The molecule has 2 heterocycles. The van der Waals surface area contributed by atoms with Crippen LogP contribution in [-0.2, 0) is 4.74 Å². The number of nitrogens with zero attached hydrogens (tertiary/aromatic N) is 4. The molecule has 0 N–H and O–H groups in total. The van der Waals surface area contributed by atoms with Gasteiger partial charge in [0.05, 0.1) is 24.2 Å². The number of hydrogen-bond acceptors (Lipinski definition) is 6. The van der Waals surface area contributed by atoms with Crippen LogP contribution in [-0.4, -0.2) is 52.1 Å². The van der Waals surface area contributed by atoms with Crippen molar-refractivity contribution in [2.45, 2.75) is 38.1 Å². The van der Waals surface area contributed by atoms with E-state index in [0.29, 0.717) is 13.2 Å². The number of Topliss-reactive ketones (excluding diaryl/α,β-unsaturated/α-hetero) is 1. The lowest BCUT2D eigenvalue weighted by atomic mass is 10.0. The van der Waals surface area contributed by atoms with E-state index < -0.39 is 0 Å². The Balaban J connectivity index is 1.65. The van der Waals surface area contributed by atoms with Gasteiger partial charge in [-0.3, -0.25) is 9.36 Å². The molecule has 1 saturated heterocycles. The molecule has 7 heteroatoms. The third-order valence-corrected chi connectivity index (χ3v) is 6.69. The number of thioether (sulfide) groups is 1. The summed E-state index contributed by atoms with van der Waals surface area (Å²) in [6.45, 7) is 11.0. The Morgan fingerprint density at radius 3 is 2.39 bits per heavy atom. The fraction of sp³-hybridized carbons (Fsp3) is 0.375. The molecule has 2 aromatic carbocycles. The molecule has 1 aliphatic rings. The maximum Gasteiger partial charge on any atom is 0.232 e. The lowest BCUT2D eigenvalue weighted by Crippen LogP contribution is -2.37. The van der Waals surface area contributed by atoms with E-state index in [2.05, 4.69) is 57.8 Å². The maximum absolute atomic E-state index is 13.1. The van der Waals surface area contributed by atoms with Gasteiger partial charge in [0.15, 0.2) is 10.9 Å². The Hall–Kier alpha value is -2.64. The Morgan fingerprint density at radius 2 is 1.71 bits per heavy atom. The predicted molar refractivity (Wildman–Crippen MR) is 125 cm³/mol. The summed E-state index contributed by atoms with van der Waals surface area (Å²) in [5, 5.41) is 9.41. The highest BCUT2D eigenvalue weighted by Crippen LogP contribution is 2.31. The fourth-order valence-corrected chi connectivity index (χ4v) is 4.51. The Kier molecular flexibility index (Phi) is 6.43. The van der Waals surface area contributed by atoms with Gasteiger partial charge in [-0.05, 0) is 57.0 Å². The Bertz CT molecular complexity index is 1070. The largest absolute Gasteiger partial charge is 0.378 e. The first-order valence-electron chi connectivity index (χ1n) is 10.6. The Labute approximate surface area is 187 Å². The van der Waals surface area contributed by atoms with Crippen LogP contribution in [0, 0.1) is 20.8 Å². The van der Waals surface area contributed by atoms with Gasteiger partial charge in [-0.1, -0.05) is 41.6 Å². The molecule has 1 aromatic heterocycles. The zero-order valence-corrected chi connectivity index (χ0v) is 19.3. The van der Waals surface area contributed by atoms with Gasteiger partial charge in [-0.2, -0.15) is 0 Å². The first-order valence-corrected chi connectivity index (χ1v) is 11.5. The van der Waals surface area contributed by atoms with Crippen LogP contribution in [0.25, 0.3) is 5.69 Å². The number of benzene rings is 2. The van der Waals surface area contributed by atoms with Crippen molar-refractivity contribution in [3.63, 3.8) is 0 Å². The van der Waals surface area contributed by atoms with Crippen LogP contribution < -0.4 is 4.90 Å². The van der Waals surface area contributed by atoms with Crippen LogP contribution in [0.3, 0.4) is 0 Å². The van der Waals surface area contributed by atoms with Gasteiger partial charge < -0.3 is 9.64 Å². The van der Waals surface area contributed by atoms with E-state index in [1.54, 1.807) is 0 Å². The molecule has 162 valence electrons. The summed E-state index contributed by atoms with van der Waals surface area (Å²) in [6.07, 6.45) is 0. The lowest BCUT2D eigenvalue weighted by molar-refractivity contribution is 0.0993. The summed E-state index contributed by atoms with van der Waals surface area (Å²) in [7, 11) is 0. The number of ether oxygens (including phenoxy) is 1. The molecule has 1 fully saturated rings. The molecule has 0 radical (unpaired) electrons. The van der Waals surface area contributed by atoms with Crippen LogP contribution in [0.2, 0.25) is 0 Å². The quantitative estimate of drug-likeness (QED) is 0.422. The van der Waals surface area contributed by atoms with Crippen molar-refractivity contribution in [1.82, 2.24) is 14.8 Å². The highest BCUT2D eigenvalue weighted by Gasteiger charge is 2.25. The van der Waals surface area contributed by atoms with Gasteiger partial charge >= 0.3 is 0 Å². The highest BCUT2D eigenvalue weighted by molar-refractivity contribution is 8.00. The van der Waals surface area contributed by atoms with Crippen molar-refractivity contribution in [1.29, 1.82) is 0 Å². The van der Waals surface area contributed by atoms with E-state index in [4.69, 9.17) is 4.74 Å². The molecule has 6 nitrogen and oxygen atoms in total. The molecule has 0 spiro atoms. The normalized spacial score (nSPS) is 15.2. The van der Waals surface area contributed by atoms with Crippen LogP contribution in [0.5, 0.6) is 0 Å². The number of hydrogen-bond donors (Lipinski definition) is 0. The lowest BCUT2D eigenvalue weighted by Gasteiger charge is -2.28.